The molecule has 2 N–H and O–H groups in total. The van der Waals surface area contributed by atoms with E-state index in [9.17, 15) is 0 Å². The van der Waals surface area contributed by atoms with Crippen LogP contribution in [-0.4, -0.2) is 29.0 Å². The monoisotopic (exact) mass is 286 g/mol. The summed E-state index contributed by atoms with van der Waals surface area (Å²) in [6, 6.07) is 6.18. The molecule has 1 aliphatic rings. The average molecular weight is 286 g/mol. The van der Waals surface area contributed by atoms with Crippen molar-refractivity contribution in [3.63, 3.8) is 0 Å². The summed E-state index contributed by atoms with van der Waals surface area (Å²) in [6.45, 7) is 7.61. The van der Waals surface area contributed by atoms with Gasteiger partial charge in [0.25, 0.3) is 0 Å². The summed E-state index contributed by atoms with van der Waals surface area (Å²) in [6.07, 6.45) is 6.73. The molecule has 1 fully saturated rings. The van der Waals surface area contributed by atoms with Crippen molar-refractivity contribution in [3.05, 3.63) is 30.1 Å². The van der Waals surface area contributed by atoms with Crippen LogP contribution in [0.15, 0.2) is 24.4 Å². The lowest BCUT2D eigenvalue weighted by atomic mass is 9.85. The van der Waals surface area contributed by atoms with Crippen LogP contribution in [0.4, 0.5) is 5.82 Å². The van der Waals surface area contributed by atoms with E-state index >= 15 is 0 Å². The second-order valence-corrected chi connectivity index (χ2v) is 6.85. The van der Waals surface area contributed by atoms with E-state index < -0.39 is 0 Å². The van der Waals surface area contributed by atoms with Crippen LogP contribution in [-0.2, 0) is 6.42 Å². The van der Waals surface area contributed by atoms with Gasteiger partial charge in [-0.15, -0.1) is 0 Å². The molecule has 2 aromatic rings. The van der Waals surface area contributed by atoms with Crippen molar-refractivity contribution in [3.8, 4) is 0 Å². The van der Waals surface area contributed by atoms with Gasteiger partial charge in [-0.1, -0.05) is 19.9 Å². The predicted molar refractivity (Wildman–Crippen MR) is 87.8 cm³/mol. The summed E-state index contributed by atoms with van der Waals surface area (Å²) >= 11 is 0. The highest BCUT2D eigenvalue weighted by Crippen LogP contribution is 2.32. The second kappa shape index (κ2) is 5.68. The van der Waals surface area contributed by atoms with Crippen LogP contribution in [0, 0.1) is 5.41 Å². The predicted octanol–water partition coefficient (Wildman–Crippen LogP) is 2.85. The van der Waals surface area contributed by atoms with Crippen molar-refractivity contribution in [1.29, 1.82) is 0 Å². The van der Waals surface area contributed by atoms with Gasteiger partial charge in [-0.2, -0.15) is 0 Å². The lowest BCUT2D eigenvalue weighted by Crippen LogP contribution is -2.27. The highest BCUT2D eigenvalue weighted by molar-refractivity contribution is 5.56. The maximum atomic E-state index is 5.82. The summed E-state index contributed by atoms with van der Waals surface area (Å²) in [5, 5.41) is 0. The summed E-state index contributed by atoms with van der Waals surface area (Å²) in [5.41, 5.74) is 8.55. The highest BCUT2D eigenvalue weighted by atomic mass is 15.2. The van der Waals surface area contributed by atoms with Crippen LogP contribution < -0.4 is 10.6 Å². The van der Waals surface area contributed by atoms with Gasteiger partial charge in [-0.25, -0.2) is 4.98 Å². The molecule has 0 saturated carbocycles. The van der Waals surface area contributed by atoms with Crippen molar-refractivity contribution in [2.24, 2.45) is 11.1 Å². The fourth-order valence-electron chi connectivity index (χ4n) is 3.29. The lowest BCUT2D eigenvalue weighted by molar-refractivity contribution is 0.325. The first-order valence-corrected chi connectivity index (χ1v) is 8.02. The fraction of sp³-hybridized carbons (Fsp3) is 0.588. The maximum absolute atomic E-state index is 5.82. The molecule has 0 bridgehead atoms. The van der Waals surface area contributed by atoms with Gasteiger partial charge in [-0.3, -0.25) is 0 Å². The largest absolute Gasteiger partial charge is 0.355 e. The number of rotatable bonds is 3. The summed E-state index contributed by atoms with van der Waals surface area (Å²) < 4.78 is 2.19. The number of nitrogens with zero attached hydrogens (tertiary/aromatic N) is 3. The van der Waals surface area contributed by atoms with E-state index in [1.54, 1.807) is 0 Å². The van der Waals surface area contributed by atoms with Crippen LogP contribution in [0.3, 0.4) is 0 Å². The third-order valence-corrected chi connectivity index (χ3v) is 4.63. The molecule has 3 rings (SSSR count). The van der Waals surface area contributed by atoms with Crippen molar-refractivity contribution in [1.82, 2.24) is 9.38 Å². The minimum atomic E-state index is 0.446. The first-order valence-electron chi connectivity index (χ1n) is 8.02. The molecule has 0 amide bonds. The number of hydrogen-bond donors (Lipinski definition) is 1. The number of nitrogens with two attached hydrogens (primary N) is 1. The van der Waals surface area contributed by atoms with Crippen LogP contribution in [0.5, 0.6) is 0 Å². The smallest absolute Gasteiger partial charge is 0.151 e. The molecule has 0 unspecified atom stereocenters. The number of fused-ring (bicyclic) bond motifs is 1. The van der Waals surface area contributed by atoms with Crippen LogP contribution in [0.25, 0.3) is 5.65 Å². The third-order valence-electron chi connectivity index (χ3n) is 4.63. The Morgan fingerprint density at radius 3 is 2.90 bits per heavy atom. The van der Waals surface area contributed by atoms with E-state index in [-0.39, 0.29) is 0 Å². The number of aromatic nitrogens is 2. The summed E-state index contributed by atoms with van der Waals surface area (Å²) in [4.78, 5) is 7.34. The standard InChI is InChI=1S/C17H26N4/c1-17(2)8-5-11-20(13-9-17)16-14(7-10-18)21-12-4-3-6-15(21)19-16/h3-4,6,12H,5,7-11,13,18H2,1-2H3. The van der Waals surface area contributed by atoms with Crippen LogP contribution >= 0.6 is 0 Å². The summed E-state index contributed by atoms with van der Waals surface area (Å²) in [5.74, 6) is 1.14. The van der Waals surface area contributed by atoms with Crippen LogP contribution in [0.2, 0.25) is 0 Å². The van der Waals surface area contributed by atoms with Gasteiger partial charge >= 0.3 is 0 Å². The number of pyridine rings is 1. The molecule has 0 spiro atoms. The van der Waals surface area contributed by atoms with Gasteiger partial charge in [0, 0.05) is 25.7 Å². The molecule has 2 aromatic heterocycles. The second-order valence-electron chi connectivity index (χ2n) is 6.85. The molecule has 0 radical (unpaired) electrons. The van der Waals surface area contributed by atoms with Crippen molar-refractivity contribution >= 4 is 11.5 Å². The Balaban J connectivity index is 1.97. The molecule has 4 heteroatoms. The molecule has 0 aromatic carbocycles. The first-order chi connectivity index (χ1) is 10.1. The Hall–Kier alpha value is -1.55. The topological polar surface area (TPSA) is 46.6 Å². The number of anilines is 1. The van der Waals surface area contributed by atoms with Gasteiger partial charge < -0.3 is 15.0 Å². The molecular weight excluding hydrogens is 260 g/mol. The molecule has 0 atom stereocenters. The van der Waals surface area contributed by atoms with E-state index in [0.29, 0.717) is 12.0 Å². The Kier molecular flexibility index (Phi) is 3.89. The molecule has 3 heterocycles. The first kappa shape index (κ1) is 14.4. The minimum absolute atomic E-state index is 0.446. The van der Waals surface area contributed by atoms with E-state index in [1.165, 1.54) is 25.0 Å². The number of imidazole rings is 1. The molecular formula is C17H26N4. The summed E-state index contributed by atoms with van der Waals surface area (Å²) in [7, 11) is 0. The zero-order chi connectivity index (χ0) is 14.9. The Morgan fingerprint density at radius 1 is 1.24 bits per heavy atom. The molecule has 114 valence electrons. The SMILES string of the molecule is CC1(C)CCCN(c2nc3ccccn3c2CCN)CC1. The van der Waals surface area contributed by atoms with E-state index in [2.05, 4.69) is 41.5 Å². The lowest BCUT2D eigenvalue weighted by Gasteiger charge is -2.24. The quantitative estimate of drug-likeness (QED) is 0.943. The Morgan fingerprint density at radius 2 is 2.10 bits per heavy atom. The van der Waals surface area contributed by atoms with Gasteiger partial charge in [0.1, 0.15) is 5.65 Å². The molecule has 21 heavy (non-hydrogen) atoms. The van der Waals surface area contributed by atoms with Gasteiger partial charge in [0.05, 0.1) is 5.69 Å². The maximum Gasteiger partial charge on any atom is 0.151 e. The van der Waals surface area contributed by atoms with E-state index in [1.807, 2.05) is 6.07 Å². The van der Waals surface area contributed by atoms with Crippen molar-refractivity contribution in [2.75, 3.05) is 24.5 Å². The zero-order valence-electron chi connectivity index (χ0n) is 13.2. The van der Waals surface area contributed by atoms with Gasteiger partial charge in [0.15, 0.2) is 5.82 Å². The molecule has 1 aliphatic heterocycles. The van der Waals surface area contributed by atoms with Gasteiger partial charge in [0.2, 0.25) is 0 Å². The van der Waals surface area contributed by atoms with E-state index in [0.717, 1.165) is 31.0 Å². The Bertz CT molecular complexity index is 614. The van der Waals surface area contributed by atoms with Crippen LogP contribution in [0.1, 0.15) is 38.8 Å². The highest BCUT2D eigenvalue weighted by Gasteiger charge is 2.25. The average Bonchev–Trinajstić information content (AvgIpc) is 2.71. The van der Waals surface area contributed by atoms with E-state index in [4.69, 9.17) is 10.7 Å². The normalized spacial score (nSPS) is 18.9. The Labute approximate surface area is 127 Å². The molecule has 1 saturated heterocycles. The zero-order valence-corrected chi connectivity index (χ0v) is 13.2. The van der Waals surface area contributed by atoms with Gasteiger partial charge in [-0.05, 0) is 43.4 Å². The molecule has 4 nitrogen and oxygen atoms in total. The third kappa shape index (κ3) is 2.91. The van der Waals surface area contributed by atoms with Crippen molar-refractivity contribution < 1.29 is 0 Å². The molecule has 0 aliphatic carbocycles. The van der Waals surface area contributed by atoms with Crippen molar-refractivity contribution in [2.45, 2.75) is 39.5 Å². The minimum Gasteiger partial charge on any atom is -0.355 e. The number of hydrogen-bond acceptors (Lipinski definition) is 3. The fourth-order valence-corrected chi connectivity index (χ4v) is 3.29.